The van der Waals surface area contributed by atoms with Gasteiger partial charge in [-0.05, 0) is 29.8 Å². The summed E-state index contributed by atoms with van der Waals surface area (Å²) in [7, 11) is 0. The second kappa shape index (κ2) is 8.78. The number of ether oxygens (including phenoxy) is 1. The molecule has 9 nitrogen and oxygen atoms in total. The molecule has 3 heterocycles. The van der Waals surface area contributed by atoms with E-state index in [1.807, 2.05) is 24.3 Å². The van der Waals surface area contributed by atoms with E-state index in [9.17, 15) is 14.9 Å². The molecule has 0 amide bonds. The lowest BCUT2D eigenvalue weighted by Gasteiger charge is -2.35. The van der Waals surface area contributed by atoms with Crippen LogP contribution >= 0.6 is 11.6 Å². The van der Waals surface area contributed by atoms with Crippen LogP contribution in [-0.4, -0.2) is 52.1 Å². The third-order valence-corrected chi connectivity index (χ3v) is 5.35. The van der Waals surface area contributed by atoms with Gasteiger partial charge in [-0.2, -0.15) is 0 Å². The van der Waals surface area contributed by atoms with Crippen molar-refractivity contribution >= 4 is 28.8 Å². The molecule has 156 valence electrons. The number of hydrogen-bond acceptors (Lipinski definition) is 7. The Labute approximate surface area is 177 Å². The number of nitrogens with one attached hydrogen (secondary N) is 1. The smallest absolute Gasteiger partial charge is 0.376 e. The molecule has 1 saturated heterocycles. The predicted octanol–water partition coefficient (Wildman–Crippen LogP) is 2.74. The van der Waals surface area contributed by atoms with Crippen molar-refractivity contribution in [2.24, 2.45) is 0 Å². The number of nitro groups is 1. The Morgan fingerprint density at radius 1 is 1.20 bits per heavy atom. The average molecular weight is 430 g/mol. The van der Waals surface area contributed by atoms with E-state index in [2.05, 4.69) is 15.2 Å². The molecule has 0 aliphatic carbocycles. The summed E-state index contributed by atoms with van der Waals surface area (Å²) in [5.74, 6) is -0.0385. The van der Waals surface area contributed by atoms with Crippen LogP contribution in [0.3, 0.4) is 0 Å². The molecule has 1 aliphatic rings. The highest BCUT2D eigenvalue weighted by Gasteiger charge is 2.27. The molecule has 1 atom stereocenters. The summed E-state index contributed by atoms with van der Waals surface area (Å²) in [6.45, 7) is 3.01. The van der Waals surface area contributed by atoms with Crippen LogP contribution < -0.4 is 10.9 Å². The Morgan fingerprint density at radius 2 is 1.93 bits per heavy atom. The van der Waals surface area contributed by atoms with Crippen molar-refractivity contribution in [3.05, 3.63) is 79.7 Å². The van der Waals surface area contributed by atoms with Gasteiger partial charge < -0.3 is 10.1 Å². The van der Waals surface area contributed by atoms with Gasteiger partial charge in [0.25, 0.3) is 0 Å². The summed E-state index contributed by atoms with van der Waals surface area (Å²) in [4.78, 5) is 30.1. The van der Waals surface area contributed by atoms with Gasteiger partial charge in [-0.25, -0.2) is 4.98 Å². The van der Waals surface area contributed by atoms with E-state index in [1.54, 1.807) is 18.2 Å². The molecular formula is C20H20ClN5O4. The highest BCUT2D eigenvalue weighted by atomic mass is 35.5. The topological polar surface area (TPSA) is 102 Å². The zero-order valence-electron chi connectivity index (χ0n) is 16.0. The number of rotatable bonds is 6. The number of halogens is 1. The third kappa shape index (κ3) is 4.13. The Bertz CT molecular complexity index is 1110. The van der Waals surface area contributed by atoms with Gasteiger partial charge in [0.1, 0.15) is 5.65 Å². The summed E-state index contributed by atoms with van der Waals surface area (Å²) in [5, 5.41) is 15.3. The van der Waals surface area contributed by atoms with Crippen molar-refractivity contribution in [1.82, 2.24) is 14.3 Å². The van der Waals surface area contributed by atoms with Gasteiger partial charge in [0, 0.05) is 30.9 Å². The highest BCUT2D eigenvalue weighted by molar-refractivity contribution is 6.30. The van der Waals surface area contributed by atoms with Crippen molar-refractivity contribution in [1.29, 1.82) is 0 Å². The minimum Gasteiger partial charge on any atom is -0.379 e. The molecule has 0 saturated carbocycles. The minimum absolute atomic E-state index is 0.0385. The van der Waals surface area contributed by atoms with Crippen LogP contribution in [-0.2, 0) is 4.74 Å². The van der Waals surface area contributed by atoms with Crippen molar-refractivity contribution < 1.29 is 9.66 Å². The second-order valence-corrected chi connectivity index (χ2v) is 7.33. The molecule has 1 N–H and O–H groups in total. The van der Waals surface area contributed by atoms with Crippen molar-refractivity contribution in [2.45, 2.75) is 6.04 Å². The van der Waals surface area contributed by atoms with E-state index in [4.69, 9.17) is 16.3 Å². The van der Waals surface area contributed by atoms with Crippen LogP contribution in [0.1, 0.15) is 11.6 Å². The minimum atomic E-state index is -0.720. The molecule has 1 unspecified atom stereocenters. The quantitative estimate of drug-likeness (QED) is 0.474. The van der Waals surface area contributed by atoms with E-state index in [1.165, 1.54) is 10.6 Å². The number of aromatic nitrogens is 2. The molecule has 4 rings (SSSR count). The van der Waals surface area contributed by atoms with Crippen LogP contribution in [0.15, 0.2) is 53.5 Å². The summed E-state index contributed by atoms with van der Waals surface area (Å²) in [6.07, 6.45) is 1.46. The molecule has 1 aliphatic heterocycles. The molecule has 30 heavy (non-hydrogen) atoms. The van der Waals surface area contributed by atoms with E-state index in [0.29, 0.717) is 30.4 Å². The number of morpholine rings is 1. The summed E-state index contributed by atoms with van der Waals surface area (Å²) in [5.41, 5.74) is 0.0528. The van der Waals surface area contributed by atoms with Gasteiger partial charge in [-0.15, -0.1) is 0 Å². The molecule has 0 radical (unpaired) electrons. The number of nitrogens with zero attached hydrogens (tertiary/aromatic N) is 4. The average Bonchev–Trinajstić information content (AvgIpc) is 2.76. The first kappa shape index (κ1) is 20.3. The molecule has 3 aromatic rings. The number of hydrogen-bond donors (Lipinski definition) is 1. The maximum Gasteiger partial charge on any atom is 0.376 e. The molecule has 2 aromatic heterocycles. The van der Waals surface area contributed by atoms with Gasteiger partial charge in [0.15, 0.2) is 0 Å². The molecular weight excluding hydrogens is 410 g/mol. The maximum atomic E-state index is 12.6. The zero-order valence-corrected chi connectivity index (χ0v) is 16.8. The van der Waals surface area contributed by atoms with Crippen LogP contribution in [0.4, 0.5) is 11.5 Å². The summed E-state index contributed by atoms with van der Waals surface area (Å²) >= 11 is 6.03. The van der Waals surface area contributed by atoms with Crippen LogP contribution in [0, 0.1) is 10.1 Å². The molecule has 0 spiro atoms. The van der Waals surface area contributed by atoms with Crippen LogP contribution in [0.2, 0.25) is 5.02 Å². The number of benzene rings is 1. The Kier molecular flexibility index (Phi) is 5.93. The van der Waals surface area contributed by atoms with Gasteiger partial charge >= 0.3 is 11.2 Å². The lowest BCUT2D eigenvalue weighted by atomic mass is 10.0. The first-order valence-corrected chi connectivity index (χ1v) is 9.89. The van der Waals surface area contributed by atoms with E-state index in [0.717, 1.165) is 18.7 Å². The van der Waals surface area contributed by atoms with E-state index >= 15 is 0 Å². The van der Waals surface area contributed by atoms with E-state index in [-0.39, 0.29) is 11.9 Å². The zero-order chi connectivity index (χ0) is 21.1. The monoisotopic (exact) mass is 429 g/mol. The Hall–Kier alpha value is -3.01. The molecule has 10 heteroatoms. The summed E-state index contributed by atoms with van der Waals surface area (Å²) < 4.78 is 6.62. The van der Waals surface area contributed by atoms with Crippen molar-refractivity contribution in [3.8, 4) is 0 Å². The van der Waals surface area contributed by atoms with Gasteiger partial charge in [0.2, 0.25) is 5.82 Å². The first-order chi connectivity index (χ1) is 14.5. The lowest BCUT2D eigenvalue weighted by Crippen LogP contribution is -2.41. The molecule has 1 fully saturated rings. The standard InChI is InChI=1S/C20H20ClN5O4/c21-15-6-4-14(5-7-15)16(24-9-11-30-12-10-24)13-22-19-18(26(28)29)20(27)25-8-2-1-3-17(25)23-19/h1-8,16,22H,9-13H2. The summed E-state index contributed by atoms with van der Waals surface area (Å²) in [6, 6.07) is 12.4. The van der Waals surface area contributed by atoms with Gasteiger partial charge in [-0.3, -0.25) is 24.2 Å². The van der Waals surface area contributed by atoms with Crippen molar-refractivity contribution in [2.75, 3.05) is 38.2 Å². The lowest BCUT2D eigenvalue weighted by molar-refractivity contribution is -0.385. The van der Waals surface area contributed by atoms with Crippen molar-refractivity contribution in [3.63, 3.8) is 0 Å². The predicted molar refractivity (Wildman–Crippen MR) is 113 cm³/mol. The fraction of sp³-hybridized carbons (Fsp3) is 0.300. The normalized spacial score (nSPS) is 15.8. The SMILES string of the molecule is O=c1c([N+](=O)[O-])c(NCC(c2ccc(Cl)cc2)N2CCOCC2)nc2ccccn12. The van der Waals surface area contributed by atoms with E-state index < -0.39 is 16.2 Å². The highest BCUT2D eigenvalue weighted by Crippen LogP contribution is 2.26. The maximum absolute atomic E-state index is 12.6. The van der Waals surface area contributed by atoms with Gasteiger partial charge in [-0.1, -0.05) is 29.8 Å². The fourth-order valence-electron chi connectivity index (χ4n) is 3.59. The molecule has 1 aromatic carbocycles. The first-order valence-electron chi connectivity index (χ1n) is 9.51. The van der Waals surface area contributed by atoms with Crippen LogP contribution in [0.5, 0.6) is 0 Å². The Morgan fingerprint density at radius 3 is 2.63 bits per heavy atom. The molecule has 0 bridgehead atoms. The Balaban J connectivity index is 1.68. The van der Waals surface area contributed by atoms with Crippen LogP contribution in [0.25, 0.3) is 5.65 Å². The fourth-order valence-corrected chi connectivity index (χ4v) is 3.72. The van der Waals surface area contributed by atoms with Gasteiger partial charge in [0.05, 0.1) is 24.2 Å². The number of fused-ring (bicyclic) bond motifs is 1. The largest absolute Gasteiger partial charge is 0.379 e. The number of anilines is 1. The third-order valence-electron chi connectivity index (χ3n) is 5.10. The second-order valence-electron chi connectivity index (χ2n) is 6.90. The number of pyridine rings is 1.